The highest BCUT2D eigenvalue weighted by molar-refractivity contribution is 5.92. The van der Waals surface area contributed by atoms with Crippen LogP contribution in [-0.4, -0.2) is 11.9 Å². The van der Waals surface area contributed by atoms with Gasteiger partial charge in [0.05, 0.1) is 0 Å². The van der Waals surface area contributed by atoms with Gasteiger partial charge in [-0.05, 0) is 42.0 Å². The van der Waals surface area contributed by atoms with Crippen LogP contribution >= 0.6 is 0 Å². The summed E-state index contributed by atoms with van der Waals surface area (Å²) in [5.74, 6) is 0.992. The summed E-state index contributed by atoms with van der Waals surface area (Å²) in [6.45, 7) is 5.08. The van der Waals surface area contributed by atoms with E-state index in [1.54, 1.807) is 24.3 Å². The first-order chi connectivity index (χ1) is 10.0. The summed E-state index contributed by atoms with van der Waals surface area (Å²) in [5.41, 5.74) is 6.88. The molecule has 21 heavy (non-hydrogen) atoms. The monoisotopic (exact) mass is 284 g/mol. The maximum absolute atomic E-state index is 11.0. The Bertz CT molecular complexity index is 589. The minimum absolute atomic E-state index is 0.441. The Balaban J connectivity index is 1.98. The van der Waals surface area contributed by atoms with Gasteiger partial charge in [-0.25, -0.2) is 0 Å². The fourth-order valence-corrected chi connectivity index (χ4v) is 1.82. The maximum atomic E-state index is 11.0. The average Bonchev–Trinajstić information content (AvgIpc) is 2.47. The number of rotatable bonds is 6. The molecule has 0 bridgehead atoms. The molecule has 4 heteroatoms. The van der Waals surface area contributed by atoms with Crippen molar-refractivity contribution in [3.05, 3.63) is 59.7 Å². The van der Waals surface area contributed by atoms with Crippen molar-refractivity contribution in [1.29, 1.82) is 0 Å². The molecule has 0 spiro atoms. The number of hydrogen-bond donors (Lipinski definition) is 2. The van der Waals surface area contributed by atoms with E-state index in [9.17, 15) is 4.79 Å². The third-order valence-corrected chi connectivity index (χ3v) is 3.01. The number of primary amides is 1. The molecule has 0 saturated carbocycles. The second-order valence-electron chi connectivity index (χ2n) is 5.17. The number of amides is 1. The molecule has 2 aromatic rings. The minimum atomic E-state index is -0.441. The topological polar surface area (TPSA) is 64.3 Å². The lowest BCUT2D eigenvalue weighted by atomic mass is 10.2. The van der Waals surface area contributed by atoms with Crippen molar-refractivity contribution < 1.29 is 9.53 Å². The Kier molecular flexibility index (Phi) is 4.95. The van der Waals surface area contributed by atoms with Crippen molar-refractivity contribution in [3.8, 4) is 11.5 Å². The highest BCUT2D eigenvalue weighted by atomic mass is 16.5. The zero-order chi connectivity index (χ0) is 15.2. The molecule has 2 rings (SSSR count). The molecule has 0 unspecified atom stereocenters. The third-order valence-electron chi connectivity index (χ3n) is 3.01. The molecule has 2 aromatic carbocycles. The van der Waals surface area contributed by atoms with Crippen molar-refractivity contribution in [2.45, 2.75) is 26.4 Å². The standard InChI is InChI=1S/C17H20N2O2/c1-12(2)19-11-13-3-7-15(8-4-13)21-16-9-5-14(6-10-16)17(18)20/h3-10,12,19H,11H2,1-2H3,(H2,18,20). The van der Waals surface area contributed by atoms with Gasteiger partial charge < -0.3 is 15.8 Å². The fraction of sp³-hybridized carbons (Fsp3) is 0.235. The SMILES string of the molecule is CC(C)NCc1ccc(Oc2ccc(C(N)=O)cc2)cc1. The van der Waals surface area contributed by atoms with E-state index >= 15 is 0 Å². The molecule has 4 nitrogen and oxygen atoms in total. The van der Waals surface area contributed by atoms with Gasteiger partial charge >= 0.3 is 0 Å². The predicted octanol–water partition coefficient (Wildman–Crippen LogP) is 3.08. The highest BCUT2D eigenvalue weighted by Gasteiger charge is 2.02. The summed E-state index contributed by atoms with van der Waals surface area (Å²) in [4.78, 5) is 11.0. The van der Waals surface area contributed by atoms with E-state index in [-0.39, 0.29) is 0 Å². The van der Waals surface area contributed by atoms with E-state index in [1.165, 1.54) is 5.56 Å². The molecule has 0 heterocycles. The van der Waals surface area contributed by atoms with Gasteiger partial charge in [0.2, 0.25) is 5.91 Å². The second-order valence-corrected chi connectivity index (χ2v) is 5.17. The Hall–Kier alpha value is -2.33. The first kappa shape index (κ1) is 15.1. The van der Waals surface area contributed by atoms with Gasteiger partial charge in [0.1, 0.15) is 11.5 Å². The van der Waals surface area contributed by atoms with Gasteiger partial charge in [-0.3, -0.25) is 4.79 Å². The summed E-state index contributed by atoms with van der Waals surface area (Å²) in [6, 6.07) is 15.1. The largest absolute Gasteiger partial charge is 0.457 e. The smallest absolute Gasteiger partial charge is 0.248 e. The molecule has 0 aromatic heterocycles. The van der Waals surface area contributed by atoms with E-state index in [4.69, 9.17) is 10.5 Å². The Morgan fingerprint density at radius 1 is 1.05 bits per heavy atom. The Morgan fingerprint density at radius 3 is 2.05 bits per heavy atom. The van der Waals surface area contributed by atoms with Crippen LogP contribution < -0.4 is 15.8 Å². The zero-order valence-corrected chi connectivity index (χ0v) is 12.3. The lowest BCUT2D eigenvalue weighted by Gasteiger charge is -2.09. The van der Waals surface area contributed by atoms with Crippen molar-refractivity contribution in [1.82, 2.24) is 5.32 Å². The van der Waals surface area contributed by atoms with Crippen LogP contribution in [0, 0.1) is 0 Å². The van der Waals surface area contributed by atoms with Gasteiger partial charge in [-0.15, -0.1) is 0 Å². The van der Waals surface area contributed by atoms with Crippen molar-refractivity contribution in [2.75, 3.05) is 0 Å². The van der Waals surface area contributed by atoms with Gasteiger partial charge in [0.25, 0.3) is 0 Å². The molecule has 0 saturated heterocycles. The zero-order valence-electron chi connectivity index (χ0n) is 12.3. The first-order valence-electron chi connectivity index (χ1n) is 6.94. The van der Waals surface area contributed by atoms with Crippen LogP contribution in [0.25, 0.3) is 0 Å². The van der Waals surface area contributed by atoms with Crippen LogP contribution in [-0.2, 0) is 6.54 Å². The third kappa shape index (κ3) is 4.61. The number of ether oxygens (including phenoxy) is 1. The molecule has 0 atom stereocenters. The average molecular weight is 284 g/mol. The molecule has 0 aliphatic carbocycles. The van der Waals surface area contributed by atoms with Crippen molar-refractivity contribution in [3.63, 3.8) is 0 Å². The number of nitrogens with two attached hydrogens (primary N) is 1. The molecule has 0 radical (unpaired) electrons. The van der Waals surface area contributed by atoms with Crippen LogP contribution in [0.4, 0.5) is 0 Å². The predicted molar refractivity (Wildman–Crippen MR) is 83.5 cm³/mol. The Labute approximate surface area is 124 Å². The number of hydrogen-bond acceptors (Lipinski definition) is 3. The van der Waals surface area contributed by atoms with Gasteiger partial charge in [-0.2, -0.15) is 0 Å². The molecule has 0 aliphatic rings. The van der Waals surface area contributed by atoms with Crippen LogP contribution in [0.1, 0.15) is 29.8 Å². The summed E-state index contributed by atoms with van der Waals surface area (Å²) in [7, 11) is 0. The van der Waals surface area contributed by atoms with E-state index in [1.807, 2.05) is 24.3 Å². The van der Waals surface area contributed by atoms with Crippen molar-refractivity contribution >= 4 is 5.91 Å². The van der Waals surface area contributed by atoms with E-state index < -0.39 is 5.91 Å². The normalized spacial score (nSPS) is 10.6. The van der Waals surface area contributed by atoms with Crippen molar-refractivity contribution in [2.24, 2.45) is 5.73 Å². The molecule has 110 valence electrons. The highest BCUT2D eigenvalue weighted by Crippen LogP contribution is 2.22. The summed E-state index contributed by atoms with van der Waals surface area (Å²) in [5, 5.41) is 3.36. The quantitative estimate of drug-likeness (QED) is 0.856. The van der Waals surface area contributed by atoms with E-state index in [2.05, 4.69) is 19.2 Å². The van der Waals surface area contributed by atoms with Gasteiger partial charge in [0, 0.05) is 18.2 Å². The number of benzene rings is 2. The molecular weight excluding hydrogens is 264 g/mol. The van der Waals surface area contributed by atoms with E-state index in [0.29, 0.717) is 17.4 Å². The molecule has 0 aliphatic heterocycles. The molecular formula is C17H20N2O2. The van der Waals surface area contributed by atoms with Crippen LogP contribution in [0.5, 0.6) is 11.5 Å². The van der Waals surface area contributed by atoms with Gasteiger partial charge in [0.15, 0.2) is 0 Å². The van der Waals surface area contributed by atoms with E-state index in [0.717, 1.165) is 12.3 Å². The second kappa shape index (κ2) is 6.90. The van der Waals surface area contributed by atoms with Gasteiger partial charge in [-0.1, -0.05) is 26.0 Å². The minimum Gasteiger partial charge on any atom is -0.457 e. The fourth-order valence-electron chi connectivity index (χ4n) is 1.82. The lowest BCUT2D eigenvalue weighted by molar-refractivity contribution is 0.100. The molecule has 3 N–H and O–H groups in total. The van der Waals surface area contributed by atoms with Crippen LogP contribution in [0.3, 0.4) is 0 Å². The molecule has 0 fully saturated rings. The molecule has 1 amide bonds. The van der Waals surface area contributed by atoms with Crippen LogP contribution in [0.15, 0.2) is 48.5 Å². The number of carbonyl (C=O) groups excluding carboxylic acids is 1. The summed E-state index contributed by atoms with van der Waals surface area (Å²) >= 11 is 0. The first-order valence-corrected chi connectivity index (χ1v) is 6.94. The summed E-state index contributed by atoms with van der Waals surface area (Å²) in [6.07, 6.45) is 0. The lowest BCUT2D eigenvalue weighted by Crippen LogP contribution is -2.21. The summed E-state index contributed by atoms with van der Waals surface area (Å²) < 4.78 is 5.72. The number of nitrogens with one attached hydrogen (secondary N) is 1. The maximum Gasteiger partial charge on any atom is 0.248 e. The van der Waals surface area contributed by atoms with Crippen LogP contribution in [0.2, 0.25) is 0 Å². The number of carbonyl (C=O) groups is 1. The Morgan fingerprint density at radius 2 is 1.57 bits per heavy atom.